The predicted octanol–water partition coefficient (Wildman–Crippen LogP) is 0.704. The third-order valence-corrected chi connectivity index (χ3v) is 3.95. The van der Waals surface area contributed by atoms with Crippen LogP contribution >= 0.6 is 0 Å². The van der Waals surface area contributed by atoms with E-state index >= 15 is 0 Å². The van der Waals surface area contributed by atoms with Crippen molar-refractivity contribution >= 4 is 12.0 Å². The maximum Gasteiger partial charge on any atom is 0.405 e. The fraction of sp³-hybridized carbons (Fsp3) is 0.529. The molecule has 1 aromatic rings. The monoisotopic (exact) mass is 335 g/mol. The van der Waals surface area contributed by atoms with Crippen LogP contribution in [-0.4, -0.2) is 67.4 Å². The number of morpholine rings is 1. The summed E-state index contributed by atoms with van der Waals surface area (Å²) in [7, 11) is 0. The normalized spacial score (nSPS) is 16.3. The van der Waals surface area contributed by atoms with E-state index in [9.17, 15) is 9.59 Å². The van der Waals surface area contributed by atoms with Crippen LogP contribution in [0, 0.1) is 0 Å². The third-order valence-electron chi connectivity index (χ3n) is 3.95. The first kappa shape index (κ1) is 18.2. The minimum absolute atomic E-state index is 0.289. The minimum Gasteiger partial charge on any atom is -0.465 e. The Balaban J connectivity index is 1.75. The molecule has 1 aromatic carbocycles. The summed E-state index contributed by atoms with van der Waals surface area (Å²) < 4.78 is 5.29. The number of carbonyl (C=O) groups excluding carboxylic acids is 1. The molecule has 2 rings (SSSR count). The Morgan fingerprint density at radius 3 is 2.58 bits per heavy atom. The van der Waals surface area contributed by atoms with Crippen LogP contribution in [0.1, 0.15) is 12.0 Å². The first-order valence-electron chi connectivity index (χ1n) is 8.26. The zero-order valence-corrected chi connectivity index (χ0v) is 13.7. The van der Waals surface area contributed by atoms with Crippen molar-refractivity contribution in [3.05, 3.63) is 35.9 Å². The van der Waals surface area contributed by atoms with Crippen LogP contribution in [0.4, 0.5) is 4.79 Å². The molecular formula is C17H25N3O4. The molecule has 0 spiro atoms. The quantitative estimate of drug-likeness (QED) is 0.609. The van der Waals surface area contributed by atoms with Gasteiger partial charge >= 0.3 is 6.09 Å². The third kappa shape index (κ3) is 6.55. The summed E-state index contributed by atoms with van der Waals surface area (Å²) in [6.07, 6.45) is -0.0290. The van der Waals surface area contributed by atoms with Crippen LogP contribution in [0.2, 0.25) is 0 Å². The van der Waals surface area contributed by atoms with E-state index in [0.717, 1.165) is 44.8 Å². The summed E-state index contributed by atoms with van der Waals surface area (Å²) in [5, 5.41) is 14.1. The molecule has 2 amide bonds. The van der Waals surface area contributed by atoms with E-state index in [4.69, 9.17) is 9.84 Å². The fourth-order valence-corrected chi connectivity index (χ4v) is 2.67. The van der Waals surface area contributed by atoms with E-state index in [1.807, 2.05) is 30.3 Å². The van der Waals surface area contributed by atoms with Crippen LogP contribution in [0.15, 0.2) is 30.3 Å². The Morgan fingerprint density at radius 1 is 1.21 bits per heavy atom. The zero-order chi connectivity index (χ0) is 17.2. The Bertz CT molecular complexity index is 518. The Labute approximate surface area is 142 Å². The van der Waals surface area contributed by atoms with Crippen LogP contribution in [0.25, 0.3) is 0 Å². The van der Waals surface area contributed by atoms with Gasteiger partial charge in [-0.2, -0.15) is 0 Å². The molecule has 0 aliphatic carbocycles. The van der Waals surface area contributed by atoms with Crippen molar-refractivity contribution in [3.8, 4) is 0 Å². The highest BCUT2D eigenvalue weighted by Crippen LogP contribution is 2.04. The van der Waals surface area contributed by atoms with Gasteiger partial charge in [0.15, 0.2) is 0 Å². The highest BCUT2D eigenvalue weighted by Gasteiger charge is 2.20. The summed E-state index contributed by atoms with van der Waals surface area (Å²) in [5.74, 6) is -0.289. The number of nitrogens with one attached hydrogen (secondary N) is 2. The van der Waals surface area contributed by atoms with Gasteiger partial charge in [-0.25, -0.2) is 4.79 Å². The van der Waals surface area contributed by atoms with Crippen molar-refractivity contribution < 1.29 is 19.4 Å². The van der Waals surface area contributed by atoms with Gasteiger partial charge in [-0.05, 0) is 18.5 Å². The second kappa shape index (κ2) is 9.89. The molecule has 1 heterocycles. The number of hydrogen-bond donors (Lipinski definition) is 3. The van der Waals surface area contributed by atoms with E-state index in [0.29, 0.717) is 13.0 Å². The summed E-state index contributed by atoms with van der Waals surface area (Å²) >= 11 is 0. The van der Waals surface area contributed by atoms with E-state index in [1.54, 1.807) is 0 Å². The molecule has 0 bridgehead atoms. The van der Waals surface area contributed by atoms with Crippen LogP contribution in [0.5, 0.6) is 0 Å². The SMILES string of the molecule is O=C(O)NC(Cc1ccccc1)C(=O)NCCCN1CCOCC1. The molecule has 0 saturated carbocycles. The molecule has 3 N–H and O–H groups in total. The largest absolute Gasteiger partial charge is 0.465 e. The number of nitrogens with zero attached hydrogens (tertiary/aromatic N) is 1. The number of benzene rings is 1. The molecule has 24 heavy (non-hydrogen) atoms. The molecule has 0 radical (unpaired) electrons. The zero-order valence-electron chi connectivity index (χ0n) is 13.7. The number of ether oxygens (including phenoxy) is 1. The maximum atomic E-state index is 12.3. The lowest BCUT2D eigenvalue weighted by molar-refractivity contribution is -0.123. The first-order valence-corrected chi connectivity index (χ1v) is 8.26. The summed E-state index contributed by atoms with van der Waals surface area (Å²) in [4.78, 5) is 25.5. The summed E-state index contributed by atoms with van der Waals surface area (Å²) in [6.45, 7) is 4.79. The molecule has 0 aromatic heterocycles. The average molecular weight is 335 g/mol. The number of carbonyl (C=O) groups is 2. The Hall–Kier alpha value is -2.12. The number of hydrogen-bond acceptors (Lipinski definition) is 4. The van der Waals surface area contributed by atoms with Gasteiger partial charge in [-0.15, -0.1) is 0 Å². The van der Waals surface area contributed by atoms with Gasteiger partial charge in [-0.1, -0.05) is 30.3 Å². The van der Waals surface area contributed by atoms with E-state index in [2.05, 4.69) is 15.5 Å². The Morgan fingerprint density at radius 2 is 1.92 bits per heavy atom. The molecule has 7 heteroatoms. The molecule has 1 atom stereocenters. The summed E-state index contributed by atoms with van der Waals surface area (Å²) in [5.41, 5.74) is 0.916. The molecule has 1 aliphatic heterocycles. The molecule has 1 aliphatic rings. The van der Waals surface area contributed by atoms with Crippen molar-refractivity contribution in [2.45, 2.75) is 18.9 Å². The van der Waals surface area contributed by atoms with Gasteiger partial charge in [-0.3, -0.25) is 9.69 Å². The Kier molecular flexibility index (Phi) is 7.51. The van der Waals surface area contributed by atoms with Gasteiger partial charge in [0.1, 0.15) is 6.04 Å². The second-order valence-electron chi connectivity index (χ2n) is 5.79. The average Bonchev–Trinajstić information content (AvgIpc) is 2.59. The first-order chi connectivity index (χ1) is 11.6. The number of amides is 2. The maximum absolute atomic E-state index is 12.3. The minimum atomic E-state index is -1.20. The van der Waals surface area contributed by atoms with Crippen LogP contribution in [-0.2, 0) is 16.0 Å². The van der Waals surface area contributed by atoms with Crippen molar-refractivity contribution in [3.63, 3.8) is 0 Å². The van der Waals surface area contributed by atoms with Gasteiger partial charge in [0.05, 0.1) is 13.2 Å². The number of rotatable bonds is 8. The van der Waals surface area contributed by atoms with Crippen molar-refractivity contribution in [2.24, 2.45) is 0 Å². The molecular weight excluding hydrogens is 310 g/mol. The number of carboxylic acid groups (broad SMARTS) is 1. The van der Waals surface area contributed by atoms with Crippen molar-refractivity contribution in [2.75, 3.05) is 39.4 Å². The topological polar surface area (TPSA) is 90.9 Å². The van der Waals surface area contributed by atoms with Crippen LogP contribution < -0.4 is 10.6 Å². The lowest BCUT2D eigenvalue weighted by Crippen LogP contribution is -2.48. The predicted molar refractivity (Wildman–Crippen MR) is 90.0 cm³/mol. The summed E-state index contributed by atoms with van der Waals surface area (Å²) in [6, 6.07) is 8.59. The smallest absolute Gasteiger partial charge is 0.405 e. The molecule has 1 fully saturated rings. The highest BCUT2D eigenvalue weighted by atomic mass is 16.5. The van der Waals surface area contributed by atoms with Gasteiger partial charge in [0, 0.05) is 26.1 Å². The highest BCUT2D eigenvalue weighted by molar-refractivity contribution is 5.85. The van der Waals surface area contributed by atoms with Crippen molar-refractivity contribution in [1.29, 1.82) is 0 Å². The van der Waals surface area contributed by atoms with Gasteiger partial charge in [0.2, 0.25) is 5.91 Å². The van der Waals surface area contributed by atoms with Gasteiger partial charge < -0.3 is 20.5 Å². The standard InChI is InChI=1S/C17H25N3O4/c21-16(18-7-4-8-20-9-11-24-12-10-20)15(19-17(22)23)13-14-5-2-1-3-6-14/h1-3,5-6,15,19H,4,7-13H2,(H,18,21)(H,22,23). The van der Waals surface area contributed by atoms with Crippen LogP contribution in [0.3, 0.4) is 0 Å². The van der Waals surface area contributed by atoms with Gasteiger partial charge in [0.25, 0.3) is 0 Å². The molecule has 1 unspecified atom stereocenters. The second-order valence-corrected chi connectivity index (χ2v) is 5.79. The lowest BCUT2D eigenvalue weighted by atomic mass is 10.1. The molecule has 7 nitrogen and oxygen atoms in total. The van der Waals surface area contributed by atoms with E-state index in [-0.39, 0.29) is 5.91 Å². The molecule has 1 saturated heterocycles. The molecule has 132 valence electrons. The lowest BCUT2D eigenvalue weighted by Gasteiger charge is -2.26. The van der Waals surface area contributed by atoms with E-state index < -0.39 is 12.1 Å². The fourth-order valence-electron chi connectivity index (χ4n) is 2.67. The van der Waals surface area contributed by atoms with Crippen molar-refractivity contribution in [1.82, 2.24) is 15.5 Å². The van der Waals surface area contributed by atoms with E-state index in [1.165, 1.54) is 0 Å².